The summed E-state index contributed by atoms with van der Waals surface area (Å²) in [6.45, 7) is 4.70. The largest absolute Gasteiger partial charge is 0.485 e. The first-order chi connectivity index (χ1) is 16.3. The van der Waals surface area contributed by atoms with Gasteiger partial charge in [-0.15, -0.1) is 0 Å². The number of ether oxygens (including phenoxy) is 3. The molecule has 1 unspecified atom stereocenters. The summed E-state index contributed by atoms with van der Waals surface area (Å²) in [4.78, 5) is 22.2. The van der Waals surface area contributed by atoms with Crippen LogP contribution < -0.4 is 9.64 Å². The van der Waals surface area contributed by atoms with Gasteiger partial charge in [-0.1, -0.05) is 13.3 Å². The molecule has 1 aliphatic rings. The topological polar surface area (TPSA) is 113 Å². The van der Waals surface area contributed by atoms with Gasteiger partial charge in [-0.2, -0.15) is 14.6 Å². The standard InChI is InChI=1S/C24H29N5O4S/c1-6-8-24(11-19(30)31-5)22-16(7-9-33-24)20-15(12-25)10-17(14(2)21(20)27-22)32-13-18-26-23(29(3)4)34-28-18/h10,27H,6-9,11,13H2,1-5H3. The molecule has 0 radical (unpaired) electrons. The van der Waals surface area contributed by atoms with Crippen LogP contribution in [0.4, 0.5) is 5.13 Å². The van der Waals surface area contributed by atoms with E-state index in [1.54, 1.807) is 6.07 Å². The zero-order chi connectivity index (χ0) is 24.5. The molecule has 4 rings (SSSR count). The van der Waals surface area contributed by atoms with E-state index in [1.165, 1.54) is 18.6 Å². The van der Waals surface area contributed by atoms with Gasteiger partial charge in [0.2, 0.25) is 5.13 Å². The average Bonchev–Trinajstić information content (AvgIpc) is 3.45. The molecule has 34 heavy (non-hydrogen) atoms. The fourth-order valence-electron chi connectivity index (χ4n) is 4.61. The predicted octanol–water partition coefficient (Wildman–Crippen LogP) is 3.98. The molecule has 10 heteroatoms. The lowest BCUT2D eigenvalue weighted by molar-refractivity contribution is -0.152. The minimum Gasteiger partial charge on any atom is -0.485 e. The van der Waals surface area contributed by atoms with E-state index in [1.807, 2.05) is 25.9 Å². The van der Waals surface area contributed by atoms with Crippen molar-refractivity contribution < 1.29 is 19.0 Å². The molecule has 2 aromatic heterocycles. The molecule has 0 spiro atoms. The highest BCUT2D eigenvalue weighted by Crippen LogP contribution is 2.45. The summed E-state index contributed by atoms with van der Waals surface area (Å²) in [7, 11) is 5.22. The fourth-order valence-corrected chi connectivity index (χ4v) is 5.20. The molecule has 1 aromatic carbocycles. The number of carbonyl (C=O) groups excluding carboxylic acids is 1. The molecule has 180 valence electrons. The number of aryl methyl sites for hydroxylation is 1. The molecule has 0 bridgehead atoms. The second-order valence-electron chi connectivity index (χ2n) is 8.66. The second-order valence-corrected chi connectivity index (χ2v) is 9.39. The molecule has 0 fully saturated rings. The third-order valence-electron chi connectivity index (χ3n) is 6.21. The normalized spacial score (nSPS) is 17.3. The Kier molecular flexibility index (Phi) is 6.77. The van der Waals surface area contributed by atoms with Crippen LogP contribution in [0.15, 0.2) is 6.07 Å². The molecule has 0 saturated heterocycles. The number of anilines is 1. The van der Waals surface area contributed by atoms with Crippen molar-refractivity contribution >= 4 is 33.5 Å². The van der Waals surface area contributed by atoms with Gasteiger partial charge in [-0.25, -0.2) is 0 Å². The monoisotopic (exact) mass is 483 g/mol. The van der Waals surface area contributed by atoms with E-state index in [9.17, 15) is 10.1 Å². The van der Waals surface area contributed by atoms with Crippen LogP contribution in [0, 0.1) is 18.3 Å². The van der Waals surface area contributed by atoms with E-state index in [0.29, 0.717) is 36.6 Å². The number of nitrogens with zero attached hydrogens (tertiary/aromatic N) is 4. The van der Waals surface area contributed by atoms with Gasteiger partial charge in [-0.3, -0.25) is 4.79 Å². The highest BCUT2D eigenvalue weighted by atomic mass is 32.1. The molecular formula is C24H29N5O4S. The molecule has 1 aliphatic heterocycles. The SMILES string of the molecule is CCCC1(CC(=O)OC)OCCc2c1[nH]c1c(C)c(OCc3nsc(N(C)C)n3)cc(C#N)c21. The van der Waals surface area contributed by atoms with Gasteiger partial charge in [0.15, 0.2) is 5.82 Å². The number of fused-ring (bicyclic) bond motifs is 3. The maximum Gasteiger partial charge on any atom is 0.308 e. The van der Waals surface area contributed by atoms with Crippen molar-refractivity contribution in [2.75, 3.05) is 32.7 Å². The van der Waals surface area contributed by atoms with Crippen molar-refractivity contribution in [2.45, 2.75) is 51.7 Å². The average molecular weight is 484 g/mol. The first-order valence-corrected chi connectivity index (χ1v) is 12.0. The summed E-state index contributed by atoms with van der Waals surface area (Å²) in [6.07, 6.45) is 2.27. The van der Waals surface area contributed by atoms with Crippen molar-refractivity contribution in [3.05, 3.63) is 34.3 Å². The predicted molar refractivity (Wildman–Crippen MR) is 129 cm³/mol. The van der Waals surface area contributed by atoms with Crippen molar-refractivity contribution in [2.24, 2.45) is 0 Å². The lowest BCUT2D eigenvalue weighted by Crippen LogP contribution is -2.38. The van der Waals surface area contributed by atoms with Gasteiger partial charge in [0, 0.05) is 36.6 Å². The number of esters is 1. The summed E-state index contributed by atoms with van der Waals surface area (Å²) >= 11 is 1.31. The van der Waals surface area contributed by atoms with Crippen molar-refractivity contribution in [3.63, 3.8) is 0 Å². The first kappa shape index (κ1) is 24.0. The van der Waals surface area contributed by atoms with Gasteiger partial charge < -0.3 is 24.1 Å². The Morgan fingerprint density at radius 1 is 1.44 bits per heavy atom. The molecular weight excluding hydrogens is 454 g/mol. The number of hydrogen-bond acceptors (Lipinski definition) is 9. The highest BCUT2D eigenvalue weighted by molar-refractivity contribution is 7.09. The minimum atomic E-state index is -0.804. The number of nitrogens with one attached hydrogen (secondary N) is 1. The molecule has 0 saturated carbocycles. The summed E-state index contributed by atoms with van der Waals surface area (Å²) in [6, 6.07) is 4.11. The third-order valence-corrected chi connectivity index (χ3v) is 7.13. The molecule has 3 heterocycles. The Bertz CT molecular complexity index is 1260. The van der Waals surface area contributed by atoms with Gasteiger partial charge >= 0.3 is 5.97 Å². The Morgan fingerprint density at radius 3 is 2.88 bits per heavy atom. The molecule has 1 N–H and O–H groups in total. The van der Waals surface area contributed by atoms with Crippen molar-refractivity contribution in [1.82, 2.24) is 14.3 Å². The lowest BCUT2D eigenvalue weighted by Gasteiger charge is -2.36. The number of aromatic amines is 1. The van der Waals surface area contributed by atoms with E-state index < -0.39 is 5.60 Å². The Balaban J connectivity index is 1.77. The highest BCUT2D eigenvalue weighted by Gasteiger charge is 2.42. The number of aromatic nitrogens is 3. The molecule has 0 aliphatic carbocycles. The Morgan fingerprint density at radius 2 is 2.24 bits per heavy atom. The van der Waals surface area contributed by atoms with E-state index in [4.69, 9.17) is 14.2 Å². The molecule has 3 aromatic rings. The zero-order valence-electron chi connectivity index (χ0n) is 20.2. The van der Waals surface area contributed by atoms with Crippen LogP contribution in [0.25, 0.3) is 10.9 Å². The van der Waals surface area contributed by atoms with Crippen LogP contribution in [0.2, 0.25) is 0 Å². The van der Waals surface area contributed by atoms with Crippen LogP contribution in [-0.2, 0) is 32.9 Å². The van der Waals surface area contributed by atoms with E-state index in [-0.39, 0.29) is 19.0 Å². The van der Waals surface area contributed by atoms with Crippen LogP contribution in [0.3, 0.4) is 0 Å². The van der Waals surface area contributed by atoms with Gasteiger partial charge in [0.25, 0.3) is 0 Å². The summed E-state index contributed by atoms with van der Waals surface area (Å²) in [5.74, 6) is 0.860. The van der Waals surface area contributed by atoms with Gasteiger partial charge in [-0.05, 0) is 31.4 Å². The number of rotatable bonds is 8. The Hall–Kier alpha value is -3.16. The maximum absolute atomic E-state index is 12.3. The fraction of sp³-hybridized carbons (Fsp3) is 0.500. The minimum absolute atomic E-state index is 0.116. The molecule has 1 atom stereocenters. The number of nitriles is 1. The second kappa shape index (κ2) is 9.60. The number of carbonyl (C=O) groups is 1. The summed E-state index contributed by atoms with van der Waals surface area (Å²) < 4.78 is 21.6. The first-order valence-electron chi connectivity index (χ1n) is 11.3. The number of hydrogen-bond donors (Lipinski definition) is 1. The van der Waals surface area contributed by atoms with Crippen molar-refractivity contribution in [1.29, 1.82) is 5.26 Å². The number of methoxy groups -OCH3 is 1. The molecule has 0 amide bonds. The Labute approximate surface area is 202 Å². The summed E-state index contributed by atoms with van der Waals surface area (Å²) in [5.41, 5.74) is 3.32. The van der Waals surface area contributed by atoms with E-state index >= 15 is 0 Å². The van der Waals surface area contributed by atoms with Gasteiger partial charge in [0.1, 0.15) is 18.0 Å². The van der Waals surface area contributed by atoms with Crippen molar-refractivity contribution in [3.8, 4) is 11.8 Å². The van der Waals surface area contributed by atoms with Gasteiger partial charge in [0.05, 0.1) is 43.0 Å². The smallest absolute Gasteiger partial charge is 0.308 e. The van der Waals surface area contributed by atoms with Crippen LogP contribution >= 0.6 is 11.5 Å². The lowest BCUT2D eigenvalue weighted by atomic mass is 9.84. The van der Waals surface area contributed by atoms with Crippen LogP contribution in [0.5, 0.6) is 5.75 Å². The zero-order valence-corrected chi connectivity index (χ0v) is 21.0. The van der Waals surface area contributed by atoms with E-state index in [0.717, 1.165) is 39.3 Å². The number of benzene rings is 1. The van der Waals surface area contributed by atoms with Crippen LogP contribution in [-0.4, -0.2) is 48.1 Å². The number of H-pyrrole nitrogens is 1. The maximum atomic E-state index is 12.3. The summed E-state index contributed by atoms with van der Waals surface area (Å²) in [5, 5.41) is 11.7. The van der Waals surface area contributed by atoms with E-state index in [2.05, 4.69) is 27.3 Å². The third kappa shape index (κ3) is 4.21. The molecule has 9 nitrogen and oxygen atoms in total. The van der Waals surface area contributed by atoms with Crippen LogP contribution in [0.1, 0.15) is 54.4 Å². The quantitative estimate of drug-likeness (QED) is 0.479.